The molecule has 0 fully saturated rings. The lowest BCUT2D eigenvalue weighted by Gasteiger charge is -2.30. The number of hydrogen-bond acceptors (Lipinski definition) is 3. The first-order valence-electron chi connectivity index (χ1n) is 6.02. The van der Waals surface area contributed by atoms with Crippen LogP contribution in [-0.4, -0.2) is 32.7 Å². The molecule has 17 heavy (non-hydrogen) atoms. The third-order valence-electron chi connectivity index (χ3n) is 2.69. The summed E-state index contributed by atoms with van der Waals surface area (Å²) in [7, 11) is -4.32. The highest BCUT2D eigenvalue weighted by Gasteiger charge is 2.33. The molecule has 0 aromatic heterocycles. The smallest absolute Gasteiger partial charge is 0.318 e. The SMILES string of the molecule is CC(C)(CCC[Si](C)(C)O[Si](C)(C)O)C(=O)O. The van der Waals surface area contributed by atoms with Crippen LogP contribution in [0.3, 0.4) is 0 Å². The Morgan fingerprint density at radius 1 is 1.24 bits per heavy atom. The average Bonchev–Trinajstić information content (AvgIpc) is 1.97. The molecule has 4 nitrogen and oxygen atoms in total. The summed E-state index contributed by atoms with van der Waals surface area (Å²) >= 11 is 0. The summed E-state index contributed by atoms with van der Waals surface area (Å²) in [5.74, 6) is -0.755. The van der Waals surface area contributed by atoms with Gasteiger partial charge in [0.25, 0.3) is 0 Å². The Bertz CT molecular complexity index is 269. The average molecular weight is 278 g/mol. The molecule has 102 valence electrons. The van der Waals surface area contributed by atoms with E-state index < -0.39 is 28.3 Å². The Hall–Kier alpha value is -0.176. The molecule has 0 aliphatic heterocycles. The van der Waals surface area contributed by atoms with E-state index in [9.17, 15) is 9.59 Å². The zero-order valence-electron chi connectivity index (χ0n) is 11.8. The minimum atomic E-state index is -2.46. The van der Waals surface area contributed by atoms with Crippen molar-refractivity contribution >= 4 is 22.8 Å². The zero-order valence-corrected chi connectivity index (χ0v) is 13.8. The molecule has 0 aromatic rings. The molecule has 0 saturated heterocycles. The third-order valence-corrected chi connectivity index (χ3v) is 8.45. The Morgan fingerprint density at radius 2 is 1.71 bits per heavy atom. The van der Waals surface area contributed by atoms with Gasteiger partial charge >= 0.3 is 14.5 Å². The summed E-state index contributed by atoms with van der Waals surface area (Å²) in [6, 6.07) is 0.890. The number of carboxylic acid groups (broad SMARTS) is 1. The van der Waals surface area contributed by atoms with Gasteiger partial charge in [0, 0.05) is 0 Å². The second kappa shape index (κ2) is 5.64. The third kappa shape index (κ3) is 7.69. The van der Waals surface area contributed by atoms with Crippen molar-refractivity contribution in [3.8, 4) is 0 Å². The summed E-state index contributed by atoms with van der Waals surface area (Å²) < 4.78 is 5.79. The lowest BCUT2D eigenvalue weighted by atomic mass is 9.88. The molecule has 6 heteroatoms. The van der Waals surface area contributed by atoms with Crippen molar-refractivity contribution in [3.05, 3.63) is 0 Å². The fraction of sp³-hybridized carbons (Fsp3) is 0.909. The van der Waals surface area contributed by atoms with E-state index in [-0.39, 0.29) is 0 Å². The maximum Gasteiger partial charge on any atom is 0.318 e. The number of carboxylic acids is 1. The van der Waals surface area contributed by atoms with Crippen molar-refractivity contribution in [3.63, 3.8) is 0 Å². The molecule has 2 N–H and O–H groups in total. The Labute approximate surface area is 106 Å². The normalized spacial score (nSPS) is 13.8. The number of aliphatic carboxylic acids is 1. The van der Waals surface area contributed by atoms with E-state index in [1.807, 2.05) is 0 Å². The van der Waals surface area contributed by atoms with Crippen LogP contribution in [0.15, 0.2) is 0 Å². The highest BCUT2D eigenvalue weighted by Crippen LogP contribution is 2.27. The zero-order chi connectivity index (χ0) is 13.9. The summed E-state index contributed by atoms with van der Waals surface area (Å²) in [5, 5.41) is 9.00. The van der Waals surface area contributed by atoms with E-state index in [1.165, 1.54) is 0 Å². The molecule has 0 spiro atoms. The highest BCUT2D eigenvalue weighted by molar-refractivity contribution is 6.81. The molecule has 0 saturated carbocycles. The van der Waals surface area contributed by atoms with Gasteiger partial charge in [0.15, 0.2) is 8.32 Å². The molecule has 0 aromatic carbocycles. The molecular weight excluding hydrogens is 252 g/mol. The quantitative estimate of drug-likeness (QED) is 0.703. The summed E-state index contributed by atoms with van der Waals surface area (Å²) in [4.78, 5) is 20.7. The monoisotopic (exact) mass is 278 g/mol. The van der Waals surface area contributed by atoms with E-state index in [0.29, 0.717) is 6.42 Å². The van der Waals surface area contributed by atoms with Crippen LogP contribution in [0.2, 0.25) is 32.2 Å². The number of hydrogen-bond donors (Lipinski definition) is 2. The van der Waals surface area contributed by atoms with Gasteiger partial charge in [0.05, 0.1) is 5.41 Å². The van der Waals surface area contributed by atoms with E-state index in [4.69, 9.17) is 9.22 Å². The van der Waals surface area contributed by atoms with Crippen LogP contribution in [0.4, 0.5) is 0 Å². The molecule has 0 aliphatic rings. The van der Waals surface area contributed by atoms with Crippen molar-refractivity contribution < 1.29 is 18.8 Å². The standard InChI is InChI=1S/C11H26O4Si2/c1-11(2,10(12)13)8-7-9-16(3,4)15-17(5,6)14/h14H,7-9H2,1-6H3,(H,12,13). The van der Waals surface area contributed by atoms with Crippen molar-refractivity contribution in [2.75, 3.05) is 0 Å². The van der Waals surface area contributed by atoms with E-state index >= 15 is 0 Å². The highest BCUT2D eigenvalue weighted by atomic mass is 28.4. The minimum Gasteiger partial charge on any atom is -0.481 e. The van der Waals surface area contributed by atoms with Gasteiger partial charge in [-0.15, -0.1) is 0 Å². The van der Waals surface area contributed by atoms with E-state index in [0.717, 1.165) is 12.5 Å². The lowest BCUT2D eigenvalue weighted by molar-refractivity contribution is -0.147. The van der Waals surface area contributed by atoms with Crippen LogP contribution in [0.5, 0.6) is 0 Å². The second-order valence-electron chi connectivity index (χ2n) is 6.35. The molecule has 0 radical (unpaired) electrons. The van der Waals surface area contributed by atoms with Crippen molar-refractivity contribution in [2.45, 2.75) is 58.9 Å². The summed E-state index contributed by atoms with van der Waals surface area (Å²) in [6.45, 7) is 11.2. The predicted octanol–water partition coefficient (Wildman–Crippen LogP) is 2.79. The van der Waals surface area contributed by atoms with Crippen LogP contribution < -0.4 is 0 Å². The molecular formula is C11H26O4Si2. The van der Waals surface area contributed by atoms with Gasteiger partial charge in [-0.05, 0) is 52.5 Å². The van der Waals surface area contributed by atoms with Crippen LogP contribution in [0.1, 0.15) is 26.7 Å². The van der Waals surface area contributed by atoms with Gasteiger partial charge in [-0.25, -0.2) is 0 Å². The first-order chi connectivity index (χ1) is 7.36. The number of carbonyl (C=O) groups is 1. The Kier molecular flexibility index (Phi) is 5.58. The van der Waals surface area contributed by atoms with Gasteiger partial charge in [0.1, 0.15) is 0 Å². The molecule has 0 amide bonds. The molecule has 0 atom stereocenters. The fourth-order valence-corrected chi connectivity index (χ4v) is 8.64. The van der Waals surface area contributed by atoms with Crippen LogP contribution in [0.25, 0.3) is 0 Å². The van der Waals surface area contributed by atoms with Gasteiger partial charge in [-0.2, -0.15) is 0 Å². The van der Waals surface area contributed by atoms with Gasteiger partial charge in [-0.1, -0.05) is 6.42 Å². The molecule has 0 rings (SSSR count). The van der Waals surface area contributed by atoms with E-state index in [2.05, 4.69) is 13.1 Å². The van der Waals surface area contributed by atoms with Crippen molar-refractivity contribution in [2.24, 2.45) is 5.41 Å². The van der Waals surface area contributed by atoms with Gasteiger partial charge in [-0.3, -0.25) is 4.79 Å². The Morgan fingerprint density at radius 3 is 2.06 bits per heavy atom. The molecule has 0 bridgehead atoms. The lowest BCUT2D eigenvalue weighted by Crippen LogP contribution is -2.44. The molecule has 0 heterocycles. The number of rotatable bonds is 7. The van der Waals surface area contributed by atoms with Crippen LogP contribution >= 0.6 is 0 Å². The summed E-state index contributed by atoms with van der Waals surface area (Å²) in [5.41, 5.74) is -0.670. The largest absolute Gasteiger partial charge is 0.481 e. The summed E-state index contributed by atoms with van der Waals surface area (Å²) in [6.07, 6.45) is 1.48. The fourth-order valence-electron chi connectivity index (χ4n) is 1.79. The first-order valence-corrected chi connectivity index (χ1v) is 12.0. The van der Waals surface area contributed by atoms with Crippen LogP contribution in [-0.2, 0) is 8.91 Å². The maximum atomic E-state index is 11.0. The topological polar surface area (TPSA) is 66.8 Å². The minimum absolute atomic E-state index is 0.648. The van der Waals surface area contributed by atoms with Crippen molar-refractivity contribution in [1.29, 1.82) is 0 Å². The van der Waals surface area contributed by atoms with Crippen LogP contribution in [0, 0.1) is 5.41 Å². The predicted molar refractivity (Wildman–Crippen MR) is 73.7 cm³/mol. The van der Waals surface area contributed by atoms with Gasteiger partial charge in [0.2, 0.25) is 0 Å². The molecule has 0 unspecified atom stereocenters. The molecule has 0 aliphatic carbocycles. The Balaban J connectivity index is 4.16. The second-order valence-corrected chi connectivity index (χ2v) is 14.1. The maximum absolute atomic E-state index is 11.0. The first kappa shape index (κ1) is 16.8. The van der Waals surface area contributed by atoms with Crippen molar-refractivity contribution in [1.82, 2.24) is 0 Å². The van der Waals surface area contributed by atoms with E-state index in [1.54, 1.807) is 26.9 Å². The van der Waals surface area contributed by atoms with Gasteiger partial charge < -0.3 is 14.0 Å².